The highest BCUT2D eigenvalue weighted by Gasteiger charge is 2.47. The van der Waals surface area contributed by atoms with Crippen LogP contribution >= 0.6 is 11.3 Å². The van der Waals surface area contributed by atoms with Crippen LogP contribution in [0.1, 0.15) is 25.1 Å². The van der Waals surface area contributed by atoms with Crippen molar-refractivity contribution in [1.82, 2.24) is 9.97 Å². The van der Waals surface area contributed by atoms with Crippen LogP contribution in [-0.4, -0.2) is 29.7 Å². The van der Waals surface area contributed by atoms with Crippen LogP contribution in [0, 0.1) is 5.92 Å². The molecule has 2 heterocycles. The average Bonchev–Trinajstić information content (AvgIpc) is 3.34. The normalized spacial score (nSPS) is 18.7. The van der Waals surface area contributed by atoms with Crippen molar-refractivity contribution >= 4 is 27.5 Å². The number of carbonyl (C=O) groups excluding carboxylic acids is 1. The van der Waals surface area contributed by atoms with Crippen LogP contribution in [0.25, 0.3) is 21.3 Å². The highest BCUT2D eigenvalue weighted by Crippen LogP contribution is 2.47. The van der Waals surface area contributed by atoms with Gasteiger partial charge in [-0.25, -0.2) is 4.98 Å². The van der Waals surface area contributed by atoms with Crippen molar-refractivity contribution in [3.05, 3.63) is 45.8 Å². The van der Waals surface area contributed by atoms with Gasteiger partial charge in [-0.1, -0.05) is 12.1 Å². The van der Waals surface area contributed by atoms with E-state index in [-0.39, 0.29) is 23.4 Å². The van der Waals surface area contributed by atoms with Crippen LogP contribution in [0.3, 0.4) is 0 Å². The SMILES string of the molecule is CCOC(=O)[C@H]1C[C@@H]1c1nc2scc(-c3ccc(OC)cc3)c2c(=O)[nH]1. The second-order valence-corrected chi connectivity index (χ2v) is 7.07. The fourth-order valence-electron chi connectivity index (χ4n) is 3.13. The summed E-state index contributed by atoms with van der Waals surface area (Å²) in [5, 5.41) is 2.52. The number of benzene rings is 1. The molecule has 0 bridgehead atoms. The van der Waals surface area contributed by atoms with Gasteiger partial charge in [-0.3, -0.25) is 9.59 Å². The number of hydrogen-bond donors (Lipinski definition) is 1. The predicted octanol–water partition coefficient (Wildman–Crippen LogP) is 3.33. The van der Waals surface area contributed by atoms with Gasteiger partial charge in [-0.05, 0) is 31.0 Å². The molecule has 7 heteroatoms. The summed E-state index contributed by atoms with van der Waals surface area (Å²) in [6, 6.07) is 7.57. The number of hydrogen-bond acceptors (Lipinski definition) is 6. The molecule has 1 aliphatic rings. The van der Waals surface area contributed by atoms with Gasteiger partial charge in [-0.15, -0.1) is 11.3 Å². The number of nitrogens with one attached hydrogen (secondary N) is 1. The van der Waals surface area contributed by atoms with Crippen LogP contribution in [0.4, 0.5) is 0 Å². The third-order valence-electron chi connectivity index (χ3n) is 4.59. The van der Waals surface area contributed by atoms with E-state index in [2.05, 4.69) is 9.97 Å². The lowest BCUT2D eigenvalue weighted by atomic mass is 10.1. The first-order valence-electron chi connectivity index (χ1n) is 8.44. The summed E-state index contributed by atoms with van der Waals surface area (Å²) in [6.45, 7) is 2.15. The minimum absolute atomic E-state index is 0.0577. The molecule has 2 atom stereocenters. The lowest BCUT2D eigenvalue weighted by molar-refractivity contribution is -0.144. The van der Waals surface area contributed by atoms with Crippen molar-refractivity contribution in [1.29, 1.82) is 0 Å². The van der Waals surface area contributed by atoms with E-state index in [1.54, 1.807) is 14.0 Å². The summed E-state index contributed by atoms with van der Waals surface area (Å²) >= 11 is 1.43. The Morgan fingerprint density at radius 1 is 1.35 bits per heavy atom. The molecule has 0 saturated heterocycles. The number of aromatic amines is 1. The molecule has 134 valence electrons. The van der Waals surface area contributed by atoms with Gasteiger partial charge in [0.15, 0.2) is 0 Å². The molecule has 2 aromatic heterocycles. The first-order valence-corrected chi connectivity index (χ1v) is 9.32. The molecule has 1 N–H and O–H groups in total. The molecular weight excluding hydrogens is 352 g/mol. The van der Waals surface area contributed by atoms with E-state index in [0.29, 0.717) is 29.1 Å². The van der Waals surface area contributed by atoms with Gasteiger partial charge in [0.05, 0.1) is 25.0 Å². The van der Waals surface area contributed by atoms with Crippen molar-refractivity contribution in [2.24, 2.45) is 5.92 Å². The van der Waals surface area contributed by atoms with E-state index in [1.807, 2.05) is 29.6 Å². The summed E-state index contributed by atoms with van der Waals surface area (Å²) in [5.74, 6) is 0.865. The van der Waals surface area contributed by atoms with Gasteiger partial charge in [0.1, 0.15) is 16.4 Å². The van der Waals surface area contributed by atoms with Crippen LogP contribution in [-0.2, 0) is 9.53 Å². The van der Waals surface area contributed by atoms with E-state index in [9.17, 15) is 9.59 Å². The molecule has 1 aliphatic carbocycles. The van der Waals surface area contributed by atoms with Gasteiger partial charge in [0.25, 0.3) is 5.56 Å². The molecule has 0 amide bonds. The van der Waals surface area contributed by atoms with Crippen molar-refractivity contribution in [2.75, 3.05) is 13.7 Å². The van der Waals surface area contributed by atoms with Crippen LogP contribution < -0.4 is 10.3 Å². The number of esters is 1. The Kier molecular flexibility index (Phi) is 4.24. The van der Waals surface area contributed by atoms with Crippen LogP contribution in [0.2, 0.25) is 0 Å². The molecular formula is C19H18N2O4S. The topological polar surface area (TPSA) is 81.3 Å². The molecule has 0 spiro atoms. The number of H-pyrrole nitrogens is 1. The third kappa shape index (κ3) is 2.88. The zero-order valence-electron chi connectivity index (χ0n) is 14.4. The van der Waals surface area contributed by atoms with E-state index in [4.69, 9.17) is 9.47 Å². The number of thiophene rings is 1. The number of carbonyl (C=O) groups is 1. The van der Waals surface area contributed by atoms with Crippen LogP contribution in [0.5, 0.6) is 5.75 Å². The lowest BCUT2D eigenvalue weighted by Gasteiger charge is -2.04. The maximum atomic E-state index is 12.7. The summed E-state index contributed by atoms with van der Waals surface area (Å²) in [4.78, 5) is 32.7. The smallest absolute Gasteiger partial charge is 0.309 e. The molecule has 1 fully saturated rings. The van der Waals surface area contributed by atoms with Crippen molar-refractivity contribution in [3.8, 4) is 16.9 Å². The lowest BCUT2D eigenvalue weighted by Crippen LogP contribution is -2.13. The van der Waals surface area contributed by atoms with Crippen molar-refractivity contribution in [2.45, 2.75) is 19.3 Å². The molecule has 1 aromatic carbocycles. The number of methoxy groups -OCH3 is 1. The minimum atomic E-state index is -0.217. The van der Waals surface area contributed by atoms with Crippen molar-refractivity contribution in [3.63, 3.8) is 0 Å². The number of rotatable bonds is 5. The Hall–Kier alpha value is -2.67. The maximum absolute atomic E-state index is 12.7. The summed E-state index contributed by atoms with van der Waals surface area (Å²) < 4.78 is 10.2. The standard InChI is InChI=1S/C19H18N2O4S/c1-3-25-19(23)13-8-12(13)16-20-17(22)15-14(9-26-18(15)21-16)10-4-6-11(24-2)7-5-10/h4-7,9,12-13H,3,8H2,1-2H3,(H,20,21,22)/t12-,13-/m0/s1. The van der Waals surface area contributed by atoms with Gasteiger partial charge in [-0.2, -0.15) is 0 Å². The molecule has 26 heavy (non-hydrogen) atoms. The number of aromatic nitrogens is 2. The molecule has 3 aromatic rings. The number of fused-ring (bicyclic) bond motifs is 1. The summed E-state index contributed by atoms with van der Waals surface area (Å²) in [5.41, 5.74) is 1.62. The minimum Gasteiger partial charge on any atom is -0.497 e. The zero-order valence-corrected chi connectivity index (χ0v) is 15.3. The van der Waals surface area contributed by atoms with E-state index in [1.165, 1.54) is 11.3 Å². The van der Waals surface area contributed by atoms with Gasteiger partial charge < -0.3 is 14.5 Å². The zero-order chi connectivity index (χ0) is 18.3. The van der Waals surface area contributed by atoms with E-state index >= 15 is 0 Å². The Morgan fingerprint density at radius 3 is 2.81 bits per heavy atom. The Balaban J connectivity index is 1.68. The molecule has 0 aliphatic heterocycles. The predicted molar refractivity (Wildman–Crippen MR) is 99.7 cm³/mol. The van der Waals surface area contributed by atoms with Gasteiger partial charge in [0.2, 0.25) is 0 Å². The van der Waals surface area contributed by atoms with E-state index in [0.717, 1.165) is 16.9 Å². The Bertz CT molecular complexity index is 1020. The molecule has 6 nitrogen and oxygen atoms in total. The largest absolute Gasteiger partial charge is 0.497 e. The summed E-state index contributed by atoms with van der Waals surface area (Å²) in [6.07, 6.45) is 0.671. The first kappa shape index (κ1) is 16.8. The highest BCUT2D eigenvalue weighted by molar-refractivity contribution is 7.17. The van der Waals surface area contributed by atoms with Crippen molar-refractivity contribution < 1.29 is 14.3 Å². The molecule has 0 radical (unpaired) electrons. The monoisotopic (exact) mass is 370 g/mol. The molecule has 1 saturated carbocycles. The fraction of sp³-hybridized carbons (Fsp3) is 0.316. The molecule has 4 rings (SSSR count). The van der Waals surface area contributed by atoms with Gasteiger partial charge in [0, 0.05) is 16.9 Å². The van der Waals surface area contributed by atoms with E-state index < -0.39 is 0 Å². The first-order chi connectivity index (χ1) is 12.6. The second kappa shape index (κ2) is 6.57. The van der Waals surface area contributed by atoms with Gasteiger partial charge >= 0.3 is 5.97 Å². The average molecular weight is 370 g/mol. The number of ether oxygens (including phenoxy) is 2. The summed E-state index contributed by atoms with van der Waals surface area (Å²) in [7, 11) is 1.62. The number of nitrogens with zero attached hydrogens (tertiary/aromatic N) is 1. The van der Waals surface area contributed by atoms with Crippen LogP contribution in [0.15, 0.2) is 34.4 Å². The fourth-order valence-corrected chi connectivity index (χ4v) is 4.09. The molecule has 0 unspecified atom stereocenters. The second-order valence-electron chi connectivity index (χ2n) is 6.21. The highest BCUT2D eigenvalue weighted by atomic mass is 32.1. The quantitative estimate of drug-likeness (QED) is 0.697. The Labute approximate surface area is 153 Å². The third-order valence-corrected chi connectivity index (χ3v) is 5.47. The maximum Gasteiger partial charge on any atom is 0.309 e. The Morgan fingerprint density at radius 2 is 2.12 bits per heavy atom.